The molecule has 0 N–H and O–H groups in total. The van der Waals surface area contributed by atoms with Crippen LogP contribution in [-0.2, 0) is 30.4 Å². The minimum absolute atomic E-state index is 0.175. The number of alkyl halides is 3. The molecule has 1 aliphatic rings. The number of aromatic nitrogens is 1. The lowest BCUT2D eigenvalue weighted by atomic mass is 9.99. The van der Waals surface area contributed by atoms with Gasteiger partial charge in [-0.1, -0.05) is 30.3 Å². The van der Waals surface area contributed by atoms with E-state index in [1.54, 1.807) is 42.6 Å². The van der Waals surface area contributed by atoms with E-state index in [1.807, 2.05) is 0 Å². The Morgan fingerprint density at radius 1 is 1.19 bits per heavy atom. The van der Waals surface area contributed by atoms with Crippen molar-refractivity contribution >= 4 is 16.0 Å². The Hall–Kier alpha value is -2.50. The zero-order valence-corrected chi connectivity index (χ0v) is 18.5. The number of amides is 1. The van der Waals surface area contributed by atoms with E-state index >= 15 is 0 Å². The van der Waals surface area contributed by atoms with Gasteiger partial charge in [0.05, 0.1) is 18.0 Å². The zero-order chi connectivity index (χ0) is 23.7. The highest BCUT2D eigenvalue weighted by atomic mass is 32.2. The molecule has 1 fully saturated rings. The Morgan fingerprint density at radius 2 is 1.81 bits per heavy atom. The van der Waals surface area contributed by atoms with E-state index in [4.69, 9.17) is 8.92 Å². The van der Waals surface area contributed by atoms with Gasteiger partial charge in [-0.3, -0.25) is 14.0 Å². The van der Waals surface area contributed by atoms with Gasteiger partial charge in [-0.05, 0) is 31.0 Å². The van der Waals surface area contributed by atoms with E-state index in [2.05, 4.69) is 4.98 Å². The minimum Gasteiger partial charge on any atom is -0.346 e. The van der Waals surface area contributed by atoms with Crippen molar-refractivity contribution in [3.63, 3.8) is 0 Å². The summed E-state index contributed by atoms with van der Waals surface area (Å²) in [5, 5.41) is 0. The predicted molar refractivity (Wildman–Crippen MR) is 110 cm³/mol. The highest BCUT2D eigenvalue weighted by Crippen LogP contribution is 2.42. The van der Waals surface area contributed by atoms with Crippen molar-refractivity contribution in [2.45, 2.75) is 44.8 Å². The Balaban J connectivity index is 1.78. The maximum absolute atomic E-state index is 13.8. The number of rotatable bonds is 7. The first-order chi connectivity index (χ1) is 14.9. The zero-order valence-electron chi connectivity index (χ0n) is 17.7. The molecule has 1 aromatic heterocycles. The molecule has 0 radical (unpaired) electrons. The summed E-state index contributed by atoms with van der Waals surface area (Å²) in [6.45, 7) is 1.69. The molecule has 2 atom stereocenters. The summed E-state index contributed by atoms with van der Waals surface area (Å²) >= 11 is 0. The van der Waals surface area contributed by atoms with Crippen LogP contribution in [-0.4, -0.2) is 55.3 Å². The fraction of sp³-hybridized carbons (Fsp3) is 0.429. The largest absolute Gasteiger partial charge is 0.346 e. The normalized spacial score (nSPS) is 20.7. The van der Waals surface area contributed by atoms with E-state index in [0.29, 0.717) is 11.3 Å². The number of benzene rings is 1. The van der Waals surface area contributed by atoms with Crippen molar-refractivity contribution in [1.29, 1.82) is 0 Å². The van der Waals surface area contributed by atoms with Crippen LogP contribution in [0.1, 0.15) is 31.2 Å². The fourth-order valence-electron chi connectivity index (χ4n) is 3.67. The topological polar surface area (TPSA) is 85.8 Å². The second-order valence-electron chi connectivity index (χ2n) is 7.84. The molecule has 2 unspecified atom stereocenters. The summed E-state index contributed by atoms with van der Waals surface area (Å²) in [7, 11) is -3.57. The fourth-order valence-corrected chi connectivity index (χ4v) is 4.00. The van der Waals surface area contributed by atoms with Crippen molar-refractivity contribution in [2.24, 2.45) is 0 Å². The second kappa shape index (κ2) is 9.16. The molecule has 32 heavy (non-hydrogen) atoms. The van der Waals surface area contributed by atoms with E-state index in [-0.39, 0.29) is 6.61 Å². The van der Waals surface area contributed by atoms with Crippen molar-refractivity contribution in [1.82, 2.24) is 9.88 Å². The van der Waals surface area contributed by atoms with E-state index in [0.717, 1.165) is 22.3 Å². The Bertz CT molecular complexity index is 1060. The van der Waals surface area contributed by atoms with Crippen LogP contribution in [0.4, 0.5) is 13.2 Å². The molecule has 0 bridgehead atoms. The summed E-state index contributed by atoms with van der Waals surface area (Å²) in [6, 6.07) is 9.03. The average Bonchev–Trinajstić information content (AvgIpc) is 3.01. The molecule has 0 spiro atoms. The van der Waals surface area contributed by atoms with Gasteiger partial charge in [0.1, 0.15) is 25.1 Å². The number of halogens is 3. The Morgan fingerprint density at radius 3 is 2.31 bits per heavy atom. The number of hydrogen-bond acceptors (Lipinski definition) is 6. The van der Waals surface area contributed by atoms with Gasteiger partial charge in [0, 0.05) is 11.8 Å². The monoisotopic (exact) mass is 472 g/mol. The maximum Gasteiger partial charge on any atom is 0.315 e. The molecule has 2 aromatic rings. The van der Waals surface area contributed by atoms with Crippen molar-refractivity contribution in [3.05, 3.63) is 53.9 Å². The quantitative estimate of drug-likeness (QED) is 0.574. The van der Waals surface area contributed by atoms with Crippen LogP contribution in [0.3, 0.4) is 0 Å². The molecule has 0 aliphatic carbocycles. The summed E-state index contributed by atoms with van der Waals surface area (Å²) in [5.41, 5.74) is 1.10. The van der Waals surface area contributed by atoms with Gasteiger partial charge in [0.2, 0.25) is 0 Å². The average molecular weight is 472 g/mol. The first-order valence-electron chi connectivity index (χ1n) is 9.68. The number of nitrogens with zero attached hydrogens (tertiary/aromatic N) is 2. The molecule has 1 amide bonds. The Kier molecular flexibility index (Phi) is 6.91. The smallest absolute Gasteiger partial charge is 0.315 e. The highest BCUT2D eigenvalue weighted by Gasteiger charge is 2.52. The van der Waals surface area contributed by atoms with Crippen LogP contribution < -0.4 is 0 Å². The summed E-state index contributed by atoms with van der Waals surface area (Å²) in [6.07, 6.45) is -1.65. The van der Waals surface area contributed by atoms with Gasteiger partial charge in [0.25, 0.3) is 16.0 Å². The number of ether oxygens (including phenoxy) is 1. The first kappa shape index (κ1) is 24.1. The van der Waals surface area contributed by atoms with Crippen molar-refractivity contribution < 1.29 is 35.3 Å². The van der Waals surface area contributed by atoms with Crippen LogP contribution in [0.2, 0.25) is 0 Å². The number of carbonyl (C=O) groups is 1. The molecule has 3 rings (SSSR count). The predicted octanol–water partition coefficient (Wildman–Crippen LogP) is 3.46. The van der Waals surface area contributed by atoms with Crippen LogP contribution >= 0.6 is 0 Å². The van der Waals surface area contributed by atoms with Crippen molar-refractivity contribution in [3.8, 4) is 11.1 Å². The third-order valence-corrected chi connectivity index (χ3v) is 5.62. The van der Waals surface area contributed by atoms with Crippen molar-refractivity contribution in [2.75, 3.05) is 12.9 Å². The molecule has 1 aliphatic heterocycles. The Labute approximate surface area is 184 Å². The second-order valence-corrected chi connectivity index (χ2v) is 9.49. The molecule has 174 valence electrons. The number of pyridine rings is 1. The molecule has 7 nitrogen and oxygen atoms in total. The van der Waals surface area contributed by atoms with Crippen LogP contribution in [0.25, 0.3) is 11.1 Å². The molecule has 11 heteroatoms. The molecular formula is C21H23F3N2O5S. The van der Waals surface area contributed by atoms with E-state index < -0.39 is 47.0 Å². The lowest BCUT2D eigenvalue weighted by Gasteiger charge is -2.32. The molecular weight excluding hydrogens is 449 g/mol. The molecule has 1 saturated heterocycles. The van der Waals surface area contributed by atoms with Gasteiger partial charge in [-0.25, -0.2) is 4.39 Å². The van der Waals surface area contributed by atoms with Gasteiger partial charge in [0.15, 0.2) is 0 Å². The molecule has 1 aromatic carbocycles. The molecule has 0 saturated carbocycles. The summed E-state index contributed by atoms with van der Waals surface area (Å²) in [5.74, 6) is -1.47. The number of hydrogen-bond donors (Lipinski definition) is 0. The minimum atomic E-state index is -3.57. The maximum atomic E-state index is 13.8. The highest BCUT2D eigenvalue weighted by molar-refractivity contribution is 7.85. The standard InChI is InChI=1S/C21H23F3N2O5S/c1-21(2)26(20(27)19(23)24)17(10-22)18(31-21)14-6-4-13(5-7-14)15-8-9-16(25-11-15)12-30-32(3,28)29/h4-9,11,17-19H,10,12H2,1-3H3. The van der Waals surface area contributed by atoms with Crippen LogP contribution in [0.15, 0.2) is 42.6 Å². The lowest BCUT2D eigenvalue weighted by molar-refractivity contribution is -0.159. The van der Waals surface area contributed by atoms with Crippen LogP contribution in [0.5, 0.6) is 0 Å². The van der Waals surface area contributed by atoms with Gasteiger partial charge in [-0.15, -0.1) is 0 Å². The SMILES string of the molecule is CC1(C)OC(c2ccc(-c3ccc(COS(C)(=O)=O)nc3)cc2)C(CF)N1C(=O)C(F)F. The van der Waals surface area contributed by atoms with Gasteiger partial charge < -0.3 is 9.64 Å². The summed E-state index contributed by atoms with van der Waals surface area (Å²) < 4.78 is 72.5. The van der Waals surface area contributed by atoms with E-state index in [1.165, 1.54) is 13.8 Å². The van der Waals surface area contributed by atoms with Gasteiger partial charge >= 0.3 is 6.43 Å². The first-order valence-corrected chi connectivity index (χ1v) is 11.5. The lowest BCUT2D eigenvalue weighted by Crippen LogP contribution is -2.51. The van der Waals surface area contributed by atoms with Crippen LogP contribution in [0, 0.1) is 0 Å². The number of carbonyl (C=O) groups excluding carboxylic acids is 1. The third kappa shape index (κ3) is 5.28. The third-order valence-electron chi connectivity index (χ3n) is 5.08. The summed E-state index contributed by atoms with van der Waals surface area (Å²) in [4.78, 5) is 16.9. The molecule has 2 heterocycles. The van der Waals surface area contributed by atoms with Gasteiger partial charge in [-0.2, -0.15) is 17.2 Å². The van der Waals surface area contributed by atoms with E-state index in [9.17, 15) is 26.4 Å².